The zero-order chi connectivity index (χ0) is 16.3. The minimum absolute atomic E-state index is 0.0510. The van der Waals surface area contributed by atoms with Crippen LogP contribution >= 0.6 is 0 Å². The highest BCUT2D eigenvalue weighted by molar-refractivity contribution is 5.69. The monoisotopic (exact) mass is 328 g/mol. The van der Waals surface area contributed by atoms with Gasteiger partial charge in [0.2, 0.25) is 0 Å². The smallest absolute Gasteiger partial charge is 0.306 e. The van der Waals surface area contributed by atoms with Gasteiger partial charge in [-0.1, -0.05) is 19.8 Å². The maximum atomic E-state index is 12.1. The van der Waals surface area contributed by atoms with E-state index in [-0.39, 0.29) is 12.1 Å². The highest BCUT2D eigenvalue weighted by Gasteiger charge is 2.23. The van der Waals surface area contributed by atoms with E-state index in [1.807, 2.05) is 0 Å². The predicted molar refractivity (Wildman–Crippen MR) is 88.5 cm³/mol. The van der Waals surface area contributed by atoms with Crippen molar-refractivity contribution >= 4 is 5.97 Å². The van der Waals surface area contributed by atoms with Crippen LogP contribution in [0.3, 0.4) is 0 Å². The van der Waals surface area contributed by atoms with Gasteiger partial charge in [0.1, 0.15) is 6.10 Å². The second-order valence-electron chi connectivity index (χ2n) is 6.39. The lowest BCUT2D eigenvalue weighted by Gasteiger charge is -2.34. The van der Waals surface area contributed by atoms with E-state index in [4.69, 9.17) is 14.2 Å². The molecule has 0 aliphatic carbocycles. The molecule has 0 amide bonds. The van der Waals surface area contributed by atoms with E-state index < -0.39 is 0 Å². The van der Waals surface area contributed by atoms with Crippen LogP contribution in [0.15, 0.2) is 0 Å². The van der Waals surface area contributed by atoms with Gasteiger partial charge >= 0.3 is 5.97 Å². The molecule has 6 heteroatoms. The van der Waals surface area contributed by atoms with E-state index in [0.29, 0.717) is 6.42 Å². The summed E-state index contributed by atoms with van der Waals surface area (Å²) < 4.78 is 16.6. The van der Waals surface area contributed by atoms with Crippen LogP contribution in [0.2, 0.25) is 0 Å². The van der Waals surface area contributed by atoms with Crippen molar-refractivity contribution in [3.05, 3.63) is 0 Å². The molecular weight excluding hydrogens is 296 g/mol. The van der Waals surface area contributed by atoms with Crippen molar-refractivity contribution in [1.82, 2.24) is 9.80 Å². The Labute approximate surface area is 140 Å². The molecule has 0 spiro atoms. The molecule has 23 heavy (non-hydrogen) atoms. The fourth-order valence-electron chi connectivity index (χ4n) is 3.04. The van der Waals surface area contributed by atoms with Crippen LogP contribution in [0, 0.1) is 0 Å². The summed E-state index contributed by atoms with van der Waals surface area (Å²) in [5.74, 6) is -0.0510. The van der Waals surface area contributed by atoms with E-state index in [2.05, 4.69) is 16.7 Å². The normalized spacial score (nSPS) is 20.8. The van der Waals surface area contributed by atoms with Crippen LogP contribution in [0.1, 0.15) is 32.6 Å². The first-order chi connectivity index (χ1) is 11.3. The molecule has 2 aliphatic rings. The highest BCUT2D eigenvalue weighted by Crippen LogP contribution is 2.09. The van der Waals surface area contributed by atoms with Gasteiger partial charge in [-0.15, -0.1) is 0 Å². The van der Waals surface area contributed by atoms with Gasteiger partial charge in [0, 0.05) is 45.7 Å². The van der Waals surface area contributed by atoms with Crippen LogP contribution in [0.25, 0.3) is 0 Å². The van der Waals surface area contributed by atoms with Gasteiger partial charge in [-0.25, -0.2) is 0 Å². The largest absolute Gasteiger partial charge is 0.460 e. The molecule has 6 nitrogen and oxygen atoms in total. The molecule has 0 saturated carbocycles. The summed E-state index contributed by atoms with van der Waals surface area (Å²) in [5.41, 5.74) is 0. The lowest BCUT2D eigenvalue weighted by molar-refractivity contribution is -0.152. The van der Waals surface area contributed by atoms with Gasteiger partial charge in [0.15, 0.2) is 0 Å². The summed E-state index contributed by atoms with van der Waals surface area (Å²) in [4.78, 5) is 16.8. The number of esters is 1. The standard InChI is InChI=1S/C17H32N2O4/c1-2-3-4-5-17(20)23-16(14-18-6-10-21-11-7-18)15-19-8-12-22-13-9-19/h16H,2-15H2,1H3. The average Bonchev–Trinajstić information content (AvgIpc) is 2.57. The number of hydrogen-bond acceptors (Lipinski definition) is 6. The summed E-state index contributed by atoms with van der Waals surface area (Å²) in [6.07, 6.45) is 3.62. The lowest BCUT2D eigenvalue weighted by Crippen LogP contribution is -2.48. The molecular formula is C17H32N2O4. The zero-order valence-corrected chi connectivity index (χ0v) is 14.5. The Kier molecular flexibility index (Phi) is 8.89. The first-order valence-corrected chi connectivity index (χ1v) is 9.07. The Balaban J connectivity index is 1.80. The number of hydrogen-bond donors (Lipinski definition) is 0. The third-order valence-corrected chi connectivity index (χ3v) is 4.41. The van der Waals surface area contributed by atoms with Crippen LogP contribution in [0.4, 0.5) is 0 Å². The fraction of sp³-hybridized carbons (Fsp3) is 0.941. The van der Waals surface area contributed by atoms with E-state index in [1.165, 1.54) is 0 Å². The van der Waals surface area contributed by atoms with Crippen molar-refractivity contribution in [2.75, 3.05) is 65.7 Å². The summed E-state index contributed by atoms with van der Waals surface area (Å²) >= 11 is 0. The van der Waals surface area contributed by atoms with Gasteiger partial charge < -0.3 is 14.2 Å². The molecule has 0 bridgehead atoms. The van der Waals surface area contributed by atoms with Crippen LogP contribution in [-0.2, 0) is 19.0 Å². The first-order valence-electron chi connectivity index (χ1n) is 9.07. The van der Waals surface area contributed by atoms with E-state index in [0.717, 1.165) is 85.0 Å². The van der Waals surface area contributed by atoms with Gasteiger partial charge in [0.05, 0.1) is 26.4 Å². The van der Waals surface area contributed by atoms with Crippen molar-refractivity contribution in [2.24, 2.45) is 0 Å². The third-order valence-electron chi connectivity index (χ3n) is 4.41. The minimum Gasteiger partial charge on any atom is -0.460 e. The van der Waals surface area contributed by atoms with Crippen LogP contribution in [0.5, 0.6) is 0 Å². The molecule has 2 fully saturated rings. The molecule has 0 aromatic carbocycles. The van der Waals surface area contributed by atoms with Crippen molar-refractivity contribution in [3.8, 4) is 0 Å². The molecule has 2 aliphatic heterocycles. The van der Waals surface area contributed by atoms with Crippen LogP contribution in [-0.4, -0.2) is 87.6 Å². The summed E-state index contributed by atoms with van der Waals surface area (Å²) in [7, 11) is 0. The summed E-state index contributed by atoms with van der Waals surface area (Å²) in [6.45, 7) is 10.5. The molecule has 0 radical (unpaired) electrons. The highest BCUT2D eigenvalue weighted by atomic mass is 16.5. The number of ether oxygens (including phenoxy) is 3. The Morgan fingerprint density at radius 3 is 1.96 bits per heavy atom. The maximum Gasteiger partial charge on any atom is 0.306 e. The third kappa shape index (κ3) is 7.61. The summed E-state index contributed by atoms with van der Waals surface area (Å²) in [5, 5.41) is 0. The molecule has 134 valence electrons. The molecule has 0 N–H and O–H groups in total. The van der Waals surface area contributed by atoms with Crippen molar-refractivity contribution in [2.45, 2.75) is 38.7 Å². The SMILES string of the molecule is CCCCCC(=O)OC(CN1CCOCC1)CN1CCOCC1. The second-order valence-corrected chi connectivity index (χ2v) is 6.39. The first kappa shape index (κ1) is 18.6. The predicted octanol–water partition coefficient (Wildman–Crippen LogP) is 1.14. The van der Waals surface area contributed by atoms with Crippen LogP contribution < -0.4 is 0 Å². The molecule has 2 saturated heterocycles. The number of rotatable bonds is 9. The van der Waals surface area contributed by atoms with Crippen molar-refractivity contribution < 1.29 is 19.0 Å². The summed E-state index contributed by atoms with van der Waals surface area (Å²) in [6, 6.07) is 0. The molecule has 0 atom stereocenters. The minimum atomic E-state index is -0.0553. The number of nitrogens with zero attached hydrogens (tertiary/aromatic N) is 2. The van der Waals surface area contributed by atoms with Crippen molar-refractivity contribution in [3.63, 3.8) is 0 Å². The quantitative estimate of drug-likeness (QED) is 0.467. The van der Waals surface area contributed by atoms with Crippen molar-refractivity contribution in [1.29, 1.82) is 0 Å². The average molecular weight is 328 g/mol. The Hall–Kier alpha value is -0.690. The molecule has 2 heterocycles. The van der Waals surface area contributed by atoms with Gasteiger partial charge in [-0.3, -0.25) is 14.6 Å². The Bertz CT molecular complexity index is 309. The zero-order valence-electron chi connectivity index (χ0n) is 14.5. The van der Waals surface area contributed by atoms with E-state index >= 15 is 0 Å². The van der Waals surface area contributed by atoms with E-state index in [9.17, 15) is 4.79 Å². The maximum absolute atomic E-state index is 12.1. The number of morpholine rings is 2. The lowest BCUT2D eigenvalue weighted by atomic mass is 10.2. The van der Waals surface area contributed by atoms with Gasteiger partial charge in [-0.2, -0.15) is 0 Å². The molecule has 2 rings (SSSR count). The Morgan fingerprint density at radius 2 is 1.48 bits per heavy atom. The number of unbranched alkanes of at least 4 members (excludes halogenated alkanes) is 2. The van der Waals surface area contributed by atoms with Gasteiger partial charge in [-0.05, 0) is 6.42 Å². The van der Waals surface area contributed by atoms with E-state index in [1.54, 1.807) is 0 Å². The molecule has 0 unspecified atom stereocenters. The molecule has 0 aromatic rings. The second kappa shape index (κ2) is 11.0. The fourth-order valence-corrected chi connectivity index (χ4v) is 3.04. The van der Waals surface area contributed by atoms with Gasteiger partial charge in [0.25, 0.3) is 0 Å². The topological polar surface area (TPSA) is 51.2 Å². The number of carbonyl (C=O) groups is 1. The number of carbonyl (C=O) groups excluding carboxylic acids is 1. The Morgan fingerprint density at radius 1 is 0.957 bits per heavy atom. The molecule has 0 aromatic heterocycles.